The summed E-state index contributed by atoms with van der Waals surface area (Å²) in [6, 6.07) is -1.14. The van der Waals surface area contributed by atoms with Gasteiger partial charge in [0.25, 0.3) is 5.91 Å². The van der Waals surface area contributed by atoms with E-state index in [1.54, 1.807) is 18.6 Å². The smallest absolute Gasteiger partial charge is 0.326 e. The Balaban J connectivity index is 1.48. The van der Waals surface area contributed by atoms with Crippen molar-refractivity contribution in [3.8, 4) is 10.7 Å². The van der Waals surface area contributed by atoms with E-state index in [9.17, 15) is 14.4 Å². The van der Waals surface area contributed by atoms with Gasteiger partial charge in [-0.2, -0.15) is 0 Å². The Morgan fingerprint density at radius 3 is 2.77 bits per heavy atom. The highest BCUT2D eigenvalue weighted by Gasteiger charge is 2.41. The van der Waals surface area contributed by atoms with E-state index >= 15 is 0 Å². The zero-order chi connectivity index (χ0) is 18.7. The minimum atomic E-state index is -0.741. The fraction of sp³-hybridized carbons (Fsp3) is 0.375. The molecule has 4 amide bonds. The van der Waals surface area contributed by atoms with Crippen molar-refractivity contribution in [1.82, 2.24) is 30.1 Å². The lowest BCUT2D eigenvalue weighted by atomic mass is 10.2. The number of thiazole rings is 1. The molecular formula is C16H18N6O3S. The van der Waals surface area contributed by atoms with Crippen LogP contribution in [0.25, 0.3) is 10.7 Å². The van der Waals surface area contributed by atoms with Crippen LogP contribution in [-0.4, -0.2) is 69.3 Å². The van der Waals surface area contributed by atoms with Gasteiger partial charge < -0.3 is 10.2 Å². The van der Waals surface area contributed by atoms with Crippen molar-refractivity contribution >= 4 is 29.2 Å². The zero-order valence-corrected chi connectivity index (χ0v) is 15.2. The Morgan fingerprint density at radius 1 is 1.31 bits per heavy atom. The number of nitrogens with one attached hydrogen (secondary N) is 1. The number of carbonyl (C=O) groups excluding carboxylic acids is 3. The standard InChI is InChI=1S/C16H18N6O3S/c1-21-12(15(24)22(2)16(21)25)7-13(23)19-4-3-10-9-26-14(20-10)11-8-17-5-6-18-11/h5-6,8-9,12H,3-4,7H2,1-2H3,(H,19,23). The Morgan fingerprint density at radius 2 is 2.12 bits per heavy atom. The Kier molecular flexibility index (Phi) is 5.21. The molecule has 0 bridgehead atoms. The van der Waals surface area contributed by atoms with Gasteiger partial charge in [-0.15, -0.1) is 11.3 Å². The molecule has 9 nitrogen and oxygen atoms in total. The van der Waals surface area contributed by atoms with E-state index < -0.39 is 12.1 Å². The van der Waals surface area contributed by atoms with Gasteiger partial charge in [-0.25, -0.2) is 9.78 Å². The number of hydrogen-bond acceptors (Lipinski definition) is 7. The summed E-state index contributed by atoms with van der Waals surface area (Å²) in [4.78, 5) is 50.7. The van der Waals surface area contributed by atoms with Crippen molar-refractivity contribution in [1.29, 1.82) is 0 Å². The van der Waals surface area contributed by atoms with Crippen LogP contribution >= 0.6 is 11.3 Å². The van der Waals surface area contributed by atoms with Gasteiger partial charge in [0.05, 0.1) is 18.3 Å². The van der Waals surface area contributed by atoms with Crippen molar-refractivity contribution < 1.29 is 14.4 Å². The summed E-state index contributed by atoms with van der Waals surface area (Å²) < 4.78 is 0. The average Bonchev–Trinajstić information content (AvgIpc) is 3.19. The summed E-state index contributed by atoms with van der Waals surface area (Å²) in [6.07, 6.45) is 5.38. The van der Waals surface area contributed by atoms with E-state index in [0.29, 0.717) is 18.7 Å². The molecule has 0 spiro atoms. The molecule has 26 heavy (non-hydrogen) atoms. The summed E-state index contributed by atoms with van der Waals surface area (Å²) in [7, 11) is 2.93. The molecule has 2 aromatic heterocycles. The molecule has 1 N–H and O–H groups in total. The molecule has 0 aliphatic carbocycles. The molecule has 0 aromatic carbocycles. The van der Waals surface area contributed by atoms with Gasteiger partial charge in [-0.05, 0) is 0 Å². The summed E-state index contributed by atoms with van der Waals surface area (Å²) in [5.74, 6) is -0.636. The Bertz CT molecular complexity index is 824. The van der Waals surface area contributed by atoms with E-state index in [0.717, 1.165) is 15.6 Å². The molecule has 2 aromatic rings. The normalized spacial score (nSPS) is 17.1. The lowest BCUT2D eigenvalue weighted by Crippen LogP contribution is -2.37. The third-order valence-corrected chi connectivity index (χ3v) is 5.00. The van der Waals surface area contributed by atoms with E-state index in [4.69, 9.17) is 0 Å². The van der Waals surface area contributed by atoms with Gasteiger partial charge in [0.1, 0.15) is 16.7 Å². The number of imide groups is 1. The first kappa shape index (κ1) is 17.9. The van der Waals surface area contributed by atoms with Crippen LogP contribution in [0.1, 0.15) is 12.1 Å². The zero-order valence-electron chi connectivity index (χ0n) is 14.4. The maximum atomic E-state index is 12.1. The number of urea groups is 1. The lowest BCUT2D eigenvalue weighted by Gasteiger charge is -2.15. The highest BCUT2D eigenvalue weighted by atomic mass is 32.1. The number of likely N-dealkylation sites (N-methyl/N-ethyl adjacent to an activating group) is 2. The quantitative estimate of drug-likeness (QED) is 0.740. The van der Waals surface area contributed by atoms with Crippen LogP contribution in [0.5, 0.6) is 0 Å². The van der Waals surface area contributed by atoms with Crippen LogP contribution in [0.15, 0.2) is 24.0 Å². The van der Waals surface area contributed by atoms with E-state index in [2.05, 4.69) is 20.3 Å². The molecule has 3 heterocycles. The lowest BCUT2D eigenvalue weighted by molar-refractivity contribution is -0.131. The Hall–Kier alpha value is -2.88. The summed E-state index contributed by atoms with van der Waals surface area (Å²) in [5.41, 5.74) is 1.56. The fourth-order valence-corrected chi connectivity index (χ4v) is 3.42. The number of rotatable bonds is 6. The average molecular weight is 374 g/mol. The topological polar surface area (TPSA) is 108 Å². The maximum Gasteiger partial charge on any atom is 0.326 e. The minimum Gasteiger partial charge on any atom is -0.356 e. The number of carbonyl (C=O) groups is 3. The first-order valence-electron chi connectivity index (χ1n) is 7.99. The molecule has 1 fully saturated rings. The summed E-state index contributed by atoms with van der Waals surface area (Å²) in [5, 5.41) is 5.46. The van der Waals surface area contributed by atoms with Crippen LogP contribution in [0.2, 0.25) is 0 Å². The SMILES string of the molecule is CN1C(=O)C(CC(=O)NCCc2csc(-c3cnccn3)n2)N(C)C1=O. The molecular weight excluding hydrogens is 356 g/mol. The number of hydrogen-bond donors (Lipinski definition) is 1. The predicted molar refractivity (Wildman–Crippen MR) is 94.2 cm³/mol. The largest absolute Gasteiger partial charge is 0.356 e. The highest BCUT2D eigenvalue weighted by Crippen LogP contribution is 2.21. The van der Waals surface area contributed by atoms with Crippen molar-refractivity contribution in [2.24, 2.45) is 0 Å². The molecule has 0 radical (unpaired) electrons. The predicted octanol–water partition coefficient (Wildman–Crippen LogP) is 0.541. The molecule has 1 aliphatic rings. The van der Waals surface area contributed by atoms with Crippen LogP contribution in [0.4, 0.5) is 4.79 Å². The monoisotopic (exact) mass is 374 g/mol. The fourth-order valence-electron chi connectivity index (χ4n) is 2.60. The second-order valence-corrected chi connectivity index (χ2v) is 6.70. The van der Waals surface area contributed by atoms with Crippen molar-refractivity contribution in [2.45, 2.75) is 18.9 Å². The molecule has 10 heteroatoms. The maximum absolute atomic E-state index is 12.1. The van der Waals surface area contributed by atoms with E-state index in [1.807, 2.05) is 5.38 Å². The number of amides is 4. The van der Waals surface area contributed by atoms with Gasteiger partial charge >= 0.3 is 6.03 Å². The third kappa shape index (κ3) is 3.69. The summed E-state index contributed by atoms with van der Waals surface area (Å²) >= 11 is 1.47. The second kappa shape index (κ2) is 7.56. The van der Waals surface area contributed by atoms with Gasteiger partial charge in [-0.1, -0.05) is 0 Å². The van der Waals surface area contributed by atoms with Crippen LogP contribution in [0, 0.1) is 0 Å². The molecule has 1 atom stereocenters. The molecule has 1 aliphatic heterocycles. The molecule has 1 unspecified atom stereocenters. The van der Waals surface area contributed by atoms with Gasteiger partial charge in [0.2, 0.25) is 5.91 Å². The van der Waals surface area contributed by atoms with E-state index in [1.165, 1.54) is 30.3 Å². The van der Waals surface area contributed by atoms with Crippen molar-refractivity contribution in [3.05, 3.63) is 29.7 Å². The first-order chi connectivity index (χ1) is 12.5. The number of nitrogens with zero attached hydrogens (tertiary/aromatic N) is 5. The molecule has 1 saturated heterocycles. The van der Waals surface area contributed by atoms with Crippen LogP contribution < -0.4 is 5.32 Å². The number of aromatic nitrogens is 3. The van der Waals surface area contributed by atoms with Crippen LogP contribution in [0.3, 0.4) is 0 Å². The molecule has 136 valence electrons. The third-order valence-electron chi connectivity index (χ3n) is 4.09. The second-order valence-electron chi connectivity index (χ2n) is 5.85. The Labute approximate surface area is 154 Å². The molecule has 0 saturated carbocycles. The van der Waals surface area contributed by atoms with Gasteiger partial charge in [0.15, 0.2) is 0 Å². The summed E-state index contributed by atoms with van der Waals surface area (Å²) in [6.45, 7) is 0.400. The van der Waals surface area contributed by atoms with Crippen molar-refractivity contribution in [2.75, 3.05) is 20.6 Å². The highest BCUT2D eigenvalue weighted by molar-refractivity contribution is 7.13. The van der Waals surface area contributed by atoms with Gasteiger partial charge in [-0.3, -0.25) is 24.5 Å². The van der Waals surface area contributed by atoms with E-state index in [-0.39, 0.29) is 18.2 Å². The molecule has 3 rings (SSSR count). The van der Waals surface area contributed by atoms with Crippen LogP contribution in [-0.2, 0) is 16.0 Å². The van der Waals surface area contributed by atoms with Crippen molar-refractivity contribution in [3.63, 3.8) is 0 Å². The minimum absolute atomic E-state index is 0.0483. The van der Waals surface area contributed by atoms with Gasteiger partial charge in [0, 0.05) is 44.8 Å². The first-order valence-corrected chi connectivity index (χ1v) is 8.87.